The second-order valence-corrected chi connectivity index (χ2v) is 6.68. The maximum atomic E-state index is 12.2. The van der Waals surface area contributed by atoms with E-state index in [9.17, 15) is 14.4 Å². The number of benzene rings is 1. The fourth-order valence-corrected chi connectivity index (χ4v) is 3.36. The zero-order valence-corrected chi connectivity index (χ0v) is 14.5. The Hall–Kier alpha value is -2.67. The molecular formula is C17H19N3O3S. The van der Waals surface area contributed by atoms with Gasteiger partial charge in [0.25, 0.3) is 5.91 Å². The number of primary amides is 1. The van der Waals surface area contributed by atoms with Crippen LogP contribution in [0.1, 0.15) is 33.3 Å². The highest BCUT2D eigenvalue weighted by atomic mass is 32.1. The van der Waals surface area contributed by atoms with Crippen LogP contribution < -0.4 is 16.4 Å². The van der Waals surface area contributed by atoms with E-state index < -0.39 is 5.91 Å². The molecule has 0 radical (unpaired) electrons. The van der Waals surface area contributed by atoms with Crippen LogP contribution >= 0.6 is 11.3 Å². The number of hydrogen-bond donors (Lipinski definition) is 3. The van der Waals surface area contributed by atoms with Gasteiger partial charge in [0.15, 0.2) is 0 Å². The summed E-state index contributed by atoms with van der Waals surface area (Å²) in [4.78, 5) is 35.7. The van der Waals surface area contributed by atoms with Crippen molar-refractivity contribution < 1.29 is 14.4 Å². The first-order chi connectivity index (χ1) is 11.3. The van der Waals surface area contributed by atoms with E-state index in [4.69, 9.17) is 5.73 Å². The number of carbonyl (C=O) groups excluding carboxylic acids is 3. The molecule has 0 aliphatic heterocycles. The van der Waals surface area contributed by atoms with Crippen LogP contribution in [0.5, 0.6) is 0 Å². The summed E-state index contributed by atoms with van der Waals surface area (Å²) >= 11 is 1.34. The molecular weight excluding hydrogens is 326 g/mol. The van der Waals surface area contributed by atoms with Gasteiger partial charge in [0.05, 0.1) is 12.0 Å². The highest BCUT2D eigenvalue weighted by Gasteiger charge is 2.18. The number of nitrogens with two attached hydrogens (primary N) is 1. The van der Waals surface area contributed by atoms with Crippen LogP contribution in [-0.4, -0.2) is 17.7 Å². The molecule has 0 saturated heterocycles. The molecule has 0 aliphatic rings. The third-order valence-corrected chi connectivity index (χ3v) is 4.65. The third-order valence-electron chi connectivity index (χ3n) is 3.52. The largest absolute Gasteiger partial charge is 0.365 e. The Morgan fingerprint density at radius 2 is 1.71 bits per heavy atom. The summed E-state index contributed by atoms with van der Waals surface area (Å²) in [6, 6.07) is 7.01. The van der Waals surface area contributed by atoms with Crippen LogP contribution in [0.15, 0.2) is 24.3 Å². The number of nitrogens with one attached hydrogen (secondary N) is 2. The van der Waals surface area contributed by atoms with Crippen molar-refractivity contribution in [1.29, 1.82) is 0 Å². The van der Waals surface area contributed by atoms with Gasteiger partial charge in [-0.25, -0.2) is 0 Å². The predicted octanol–water partition coefficient (Wildman–Crippen LogP) is 2.60. The zero-order chi connectivity index (χ0) is 17.9. The second-order valence-electron chi connectivity index (χ2n) is 5.45. The molecule has 0 unspecified atom stereocenters. The molecule has 6 nitrogen and oxygen atoms in total. The highest BCUT2D eigenvalue weighted by Crippen LogP contribution is 2.32. The van der Waals surface area contributed by atoms with E-state index >= 15 is 0 Å². The predicted molar refractivity (Wildman–Crippen MR) is 95.4 cm³/mol. The lowest BCUT2D eigenvalue weighted by Gasteiger charge is -2.07. The molecule has 2 aromatic rings. The minimum absolute atomic E-state index is 0.150. The summed E-state index contributed by atoms with van der Waals surface area (Å²) in [7, 11) is 0. The van der Waals surface area contributed by atoms with Crippen molar-refractivity contribution >= 4 is 39.7 Å². The molecule has 4 N–H and O–H groups in total. The van der Waals surface area contributed by atoms with Gasteiger partial charge in [0.1, 0.15) is 5.00 Å². The van der Waals surface area contributed by atoms with Crippen LogP contribution in [-0.2, 0) is 16.0 Å². The van der Waals surface area contributed by atoms with Crippen LogP contribution in [0.25, 0.3) is 0 Å². The molecule has 126 valence electrons. The first-order valence-electron chi connectivity index (χ1n) is 7.34. The van der Waals surface area contributed by atoms with E-state index in [1.807, 2.05) is 13.8 Å². The molecule has 3 amide bonds. The third kappa shape index (κ3) is 4.20. The summed E-state index contributed by atoms with van der Waals surface area (Å²) in [6.07, 6.45) is 0.161. The van der Waals surface area contributed by atoms with E-state index in [0.29, 0.717) is 16.3 Å². The minimum Gasteiger partial charge on any atom is -0.365 e. The first kappa shape index (κ1) is 17.7. The molecule has 0 spiro atoms. The Balaban J connectivity index is 2.07. The summed E-state index contributed by atoms with van der Waals surface area (Å²) in [6.45, 7) is 5.12. The van der Waals surface area contributed by atoms with E-state index in [2.05, 4.69) is 10.6 Å². The number of amides is 3. The summed E-state index contributed by atoms with van der Waals surface area (Å²) in [5, 5.41) is 5.91. The van der Waals surface area contributed by atoms with Crippen molar-refractivity contribution in [3.8, 4) is 0 Å². The van der Waals surface area contributed by atoms with Crippen molar-refractivity contribution in [1.82, 2.24) is 0 Å². The van der Waals surface area contributed by atoms with Gasteiger partial charge in [-0.05, 0) is 37.1 Å². The first-order valence-corrected chi connectivity index (χ1v) is 8.15. The van der Waals surface area contributed by atoms with Gasteiger partial charge in [-0.3, -0.25) is 14.4 Å². The van der Waals surface area contributed by atoms with Gasteiger partial charge in [-0.2, -0.15) is 0 Å². The van der Waals surface area contributed by atoms with Gasteiger partial charge in [-0.15, -0.1) is 11.3 Å². The average Bonchev–Trinajstić information content (AvgIpc) is 2.75. The highest BCUT2D eigenvalue weighted by molar-refractivity contribution is 7.16. The Bertz CT molecular complexity index is 794. The van der Waals surface area contributed by atoms with Crippen LogP contribution in [0.3, 0.4) is 0 Å². The molecule has 24 heavy (non-hydrogen) atoms. The van der Waals surface area contributed by atoms with Crippen LogP contribution in [0, 0.1) is 13.8 Å². The molecule has 0 saturated carbocycles. The molecule has 0 aliphatic carbocycles. The minimum atomic E-state index is -0.549. The van der Waals surface area contributed by atoms with Gasteiger partial charge >= 0.3 is 0 Å². The Morgan fingerprint density at radius 3 is 2.25 bits per heavy atom. The molecule has 1 aromatic carbocycles. The lowest BCUT2D eigenvalue weighted by atomic mass is 10.1. The SMILES string of the molecule is CC(=O)Nc1ccc(CC(=O)Nc2sc(C)c(C)c2C(N)=O)cc1. The summed E-state index contributed by atoms with van der Waals surface area (Å²) in [5.74, 6) is -0.930. The van der Waals surface area contributed by atoms with Gasteiger partial charge in [-0.1, -0.05) is 12.1 Å². The topological polar surface area (TPSA) is 101 Å². The number of anilines is 2. The maximum absolute atomic E-state index is 12.2. The van der Waals surface area contributed by atoms with Gasteiger partial charge < -0.3 is 16.4 Å². The Kier molecular flexibility index (Phi) is 5.35. The van der Waals surface area contributed by atoms with E-state index in [-0.39, 0.29) is 18.2 Å². The lowest BCUT2D eigenvalue weighted by Crippen LogP contribution is -2.18. The second kappa shape index (κ2) is 7.27. The molecule has 0 bridgehead atoms. The van der Waals surface area contributed by atoms with Gasteiger partial charge in [0.2, 0.25) is 11.8 Å². The average molecular weight is 345 g/mol. The maximum Gasteiger partial charge on any atom is 0.251 e. The van der Waals surface area contributed by atoms with Crippen LogP contribution in [0.4, 0.5) is 10.7 Å². The van der Waals surface area contributed by atoms with E-state index in [1.165, 1.54) is 18.3 Å². The molecule has 1 aromatic heterocycles. The summed E-state index contributed by atoms with van der Waals surface area (Å²) < 4.78 is 0. The fraction of sp³-hybridized carbons (Fsp3) is 0.235. The molecule has 7 heteroatoms. The van der Waals surface area contributed by atoms with E-state index in [0.717, 1.165) is 16.0 Å². The zero-order valence-electron chi connectivity index (χ0n) is 13.7. The molecule has 0 fully saturated rings. The quantitative estimate of drug-likeness (QED) is 0.776. The van der Waals surface area contributed by atoms with E-state index in [1.54, 1.807) is 24.3 Å². The standard InChI is InChI=1S/C17H19N3O3S/c1-9-10(2)24-17(15(9)16(18)23)20-14(22)8-12-4-6-13(7-5-12)19-11(3)21/h4-7H,8H2,1-3H3,(H2,18,23)(H,19,21)(H,20,22). The fourth-order valence-electron chi connectivity index (χ4n) is 2.28. The van der Waals surface area contributed by atoms with Crippen molar-refractivity contribution in [2.75, 3.05) is 10.6 Å². The summed E-state index contributed by atoms with van der Waals surface area (Å²) in [5.41, 5.74) is 8.03. The number of hydrogen-bond acceptors (Lipinski definition) is 4. The number of carbonyl (C=O) groups is 3. The molecule has 1 heterocycles. The molecule has 0 atom stereocenters. The smallest absolute Gasteiger partial charge is 0.251 e. The van der Waals surface area contributed by atoms with Crippen molar-refractivity contribution in [2.24, 2.45) is 5.73 Å². The monoisotopic (exact) mass is 345 g/mol. The van der Waals surface area contributed by atoms with Gasteiger partial charge in [0, 0.05) is 17.5 Å². The lowest BCUT2D eigenvalue weighted by molar-refractivity contribution is -0.116. The number of rotatable bonds is 5. The normalized spacial score (nSPS) is 10.3. The van der Waals surface area contributed by atoms with Crippen molar-refractivity contribution in [3.63, 3.8) is 0 Å². The number of aryl methyl sites for hydroxylation is 1. The number of thiophene rings is 1. The van der Waals surface area contributed by atoms with Crippen LogP contribution in [0.2, 0.25) is 0 Å². The molecule has 2 rings (SSSR count). The Morgan fingerprint density at radius 1 is 1.08 bits per heavy atom. The van der Waals surface area contributed by atoms with Crippen molar-refractivity contribution in [3.05, 3.63) is 45.8 Å². The van der Waals surface area contributed by atoms with Crippen molar-refractivity contribution in [2.45, 2.75) is 27.2 Å². The Labute approximate surface area is 144 Å².